The highest BCUT2D eigenvalue weighted by Crippen LogP contribution is 2.25. The maximum Gasteiger partial charge on any atom is 0.134 e. The lowest BCUT2D eigenvalue weighted by Crippen LogP contribution is -2.21. The van der Waals surface area contributed by atoms with Crippen molar-refractivity contribution in [1.29, 1.82) is 0 Å². The molecule has 0 aliphatic carbocycles. The first-order chi connectivity index (χ1) is 7.72. The number of benzene rings is 1. The molecule has 1 heterocycles. The van der Waals surface area contributed by atoms with Gasteiger partial charge in [-0.1, -0.05) is 32.0 Å². The molecule has 0 bridgehead atoms. The zero-order chi connectivity index (χ0) is 11.5. The van der Waals surface area contributed by atoms with Crippen LogP contribution in [-0.4, -0.2) is 6.54 Å². The molecule has 0 radical (unpaired) electrons. The number of rotatable bonds is 4. The minimum atomic E-state index is 0.529. The van der Waals surface area contributed by atoms with Crippen LogP contribution >= 0.6 is 0 Å². The molecule has 1 atom stereocenters. The number of hydrogen-bond donors (Lipinski definition) is 1. The summed E-state index contributed by atoms with van der Waals surface area (Å²) in [5.74, 6) is 1.14. The highest BCUT2D eigenvalue weighted by molar-refractivity contribution is 5.80. The molecule has 2 rings (SSSR count). The second kappa shape index (κ2) is 4.71. The van der Waals surface area contributed by atoms with Crippen LogP contribution in [0.3, 0.4) is 0 Å². The average Bonchev–Trinajstić information content (AvgIpc) is 2.69. The molecule has 1 aromatic heterocycles. The van der Waals surface area contributed by atoms with E-state index in [1.165, 1.54) is 10.9 Å². The van der Waals surface area contributed by atoms with Gasteiger partial charge in [-0.3, -0.25) is 0 Å². The van der Waals surface area contributed by atoms with Crippen LogP contribution in [0.15, 0.2) is 34.9 Å². The maximum absolute atomic E-state index is 5.80. The Morgan fingerprint density at radius 2 is 2.00 bits per heavy atom. The summed E-state index contributed by atoms with van der Waals surface area (Å²) in [4.78, 5) is 0. The van der Waals surface area contributed by atoms with Crippen molar-refractivity contribution < 1.29 is 4.42 Å². The molecule has 86 valence electrons. The minimum Gasteiger partial charge on any atom is -0.464 e. The molecule has 1 aromatic carbocycles. The fourth-order valence-electron chi connectivity index (χ4n) is 2.06. The lowest BCUT2D eigenvalue weighted by Gasteiger charge is -2.17. The molecule has 0 saturated heterocycles. The van der Waals surface area contributed by atoms with Gasteiger partial charge in [-0.2, -0.15) is 0 Å². The first-order valence-corrected chi connectivity index (χ1v) is 5.87. The van der Waals surface area contributed by atoms with E-state index in [0.29, 0.717) is 11.8 Å². The van der Waals surface area contributed by atoms with Gasteiger partial charge in [0.1, 0.15) is 5.58 Å². The van der Waals surface area contributed by atoms with E-state index < -0.39 is 0 Å². The van der Waals surface area contributed by atoms with Crippen molar-refractivity contribution in [3.05, 3.63) is 36.1 Å². The van der Waals surface area contributed by atoms with Crippen LogP contribution in [0, 0.1) is 11.8 Å². The van der Waals surface area contributed by atoms with Gasteiger partial charge in [-0.05, 0) is 36.4 Å². The van der Waals surface area contributed by atoms with E-state index in [0.717, 1.165) is 18.5 Å². The Balaban J connectivity index is 2.27. The number of nitrogens with two attached hydrogens (primary N) is 1. The van der Waals surface area contributed by atoms with E-state index in [1.54, 1.807) is 0 Å². The first kappa shape index (κ1) is 11.2. The lowest BCUT2D eigenvalue weighted by atomic mass is 9.89. The van der Waals surface area contributed by atoms with Crippen molar-refractivity contribution in [1.82, 2.24) is 0 Å². The van der Waals surface area contributed by atoms with E-state index >= 15 is 0 Å². The third kappa shape index (κ3) is 2.12. The molecule has 2 nitrogen and oxygen atoms in total. The van der Waals surface area contributed by atoms with Crippen LogP contribution in [0.1, 0.15) is 19.4 Å². The summed E-state index contributed by atoms with van der Waals surface area (Å²) in [5.41, 5.74) is 8.05. The Morgan fingerprint density at radius 1 is 1.25 bits per heavy atom. The van der Waals surface area contributed by atoms with E-state index in [4.69, 9.17) is 10.2 Å². The van der Waals surface area contributed by atoms with Gasteiger partial charge in [0.25, 0.3) is 0 Å². The van der Waals surface area contributed by atoms with Crippen molar-refractivity contribution in [2.24, 2.45) is 17.6 Å². The first-order valence-electron chi connectivity index (χ1n) is 5.87. The van der Waals surface area contributed by atoms with Crippen molar-refractivity contribution in [3.63, 3.8) is 0 Å². The fraction of sp³-hybridized carbons (Fsp3) is 0.429. The predicted octanol–water partition coefficient (Wildman–Crippen LogP) is 3.21. The van der Waals surface area contributed by atoms with Crippen LogP contribution in [0.5, 0.6) is 0 Å². The SMILES string of the molecule is CC(C)C(CN)Cc1coc2ccccc12. The minimum absolute atomic E-state index is 0.529. The molecule has 16 heavy (non-hydrogen) atoms. The zero-order valence-electron chi connectivity index (χ0n) is 9.94. The van der Waals surface area contributed by atoms with Crippen molar-refractivity contribution in [3.8, 4) is 0 Å². The molecule has 2 N–H and O–H groups in total. The molecule has 2 heteroatoms. The normalized spacial score (nSPS) is 13.5. The number of para-hydroxylation sites is 1. The van der Waals surface area contributed by atoms with Crippen LogP contribution in [0.25, 0.3) is 11.0 Å². The van der Waals surface area contributed by atoms with E-state index in [2.05, 4.69) is 19.9 Å². The van der Waals surface area contributed by atoms with Crippen LogP contribution in [0.4, 0.5) is 0 Å². The Kier molecular flexibility index (Phi) is 3.30. The van der Waals surface area contributed by atoms with Crippen molar-refractivity contribution in [2.75, 3.05) is 6.54 Å². The lowest BCUT2D eigenvalue weighted by molar-refractivity contribution is 0.391. The number of hydrogen-bond acceptors (Lipinski definition) is 2. The summed E-state index contributed by atoms with van der Waals surface area (Å²) < 4.78 is 5.53. The smallest absolute Gasteiger partial charge is 0.134 e. The van der Waals surface area contributed by atoms with Crippen LogP contribution in [-0.2, 0) is 6.42 Å². The highest BCUT2D eigenvalue weighted by atomic mass is 16.3. The van der Waals surface area contributed by atoms with Gasteiger partial charge in [0.05, 0.1) is 6.26 Å². The van der Waals surface area contributed by atoms with Crippen molar-refractivity contribution in [2.45, 2.75) is 20.3 Å². The molecule has 1 unspecified atom stereocenters. The van der Waals surface area contributed by atoms with Gasteiger partial charge in [0.2, 0.25) is 0 Å². The maximum atomic E-state index is 5.80. The Bertz CT molecular complexity index is 458. The van der Waals surface area contributed by atoms with Gasteiger partial charge in [0.15, 0.2) is 0 Å². The molecular formula is C14H19NO. The summed E-state index contributed by atoms with van der Waals surface area (Å²) in [5, 5.41) is 1.22. The molecule has 0 amide bonds. The van der Waals surface area contributed by atoms with Gasteiger partial charge in [-0.25, -0.2) is 0 Å². The summed E-state index contributed by atoms with van der Waals surface area (Å²) in [6.45, 7) is 5.18. The molecule has 0 saturated carbocycles. The molecule has 0 spiro atoms. The summed E-state index contributed by atoms with van der Waals surface area (Å²) in [6, 6.07) is 8.17. The fourth-order valence-corrected chi connectivity index (χ4v) is 2.06. The molecular weight excluding hydrogens is 198 g/mol. The van der Waals surface area contributed by atoms with Gasteiger partial charge >= 0.3 is 0 Å². The third-order valence-electron chi connectivity index (χ3n) is 3.29. The quantitative estimate of drug-likeness (QED) is 0.854. The third-order valence-corrected chi connectivity index (χ3v) is 3.29. The second-order valence-corrected chi connectivity index (χ2v) is 4.70. The molecule has 2 aromatic rings. The summed E-state index contributed by atoms with van der Waals surface area (Å²) in [6.07, 6.45) is 2.88. The molecule has 0 aliphatic heterocycles. The molecule has 0 aliphatic rings. The van der Waals surface area contributed by atoms with Gasteiger partial charge in [-0.15, -0.1) is 0 Å². The van der Waals surface area contributed by atoms with Gasteiger partial charge < -0.3 is 10.2 Å². The standard InChI is InChI=1S/C14H19NO/c1-10(2)11(8-15)7-12-9-16-14-6-4-3-5-13(12)14/h3-6,9-11H,7-8,15H2,1-2H3. The highest BCUT2D eigenvalue weighted by Gasteiger charge is 2.15. The summed E-state index contributed by atoms with van der Waals surface area (Å²) in [7, 11) is 0. The molecule has 0 fully saturated rings. The monoisotopic (exact) mass is 217 g/mol. The van der Waals surface area contributed by atoms with E-state index in [1.807, 2.05) is 24.5 Å². The Labute approximate surface area is 96.4 Å². The van der Waals surface area contributed by atoms with E-state index in [-0.39, 0.29) is 0 Å². The van der Waals surface area contributed by atoms with Gasteiger partial charge in [0, 0.05) is 5.39 Å². The Morgan fingerprint density at radius 3 is 2.69 bits per heavy atom. The average molecular weight is 217 g/mol. The van der Waals surface area contributed by atoms with Crippen LogP contribution < -0.4 is 5.73 Å². The summed E-state index contributed by atoms with van der Waals surface area (Å²) >= 11 is 0. The second-order valence-electron chi connectivity index (χ2n) is 4.70. The Hall–Kier alpha value is -1.28. The van der Waals surface area contributed by atoms with Crippen LogP contribution in [0.2, 0.25) is 0 Å². The number of fused-ring (bicyclic) bond motifs is 1. The zero-order valence-corrected chi connectivity index (χ0v) is 9.94. The predicted molar refractivity (Wildman–Crippen MR) is 67.3 cm³/mol. The van der Waals surface area contributed by atoms with Crippen molar-refractivity contribution >= 4 is 11.0 Å². The largest absolute Gasteiger partial charge is 0.464 e. The topological polar surface area (TPSA) is 39.2 Å². The van der Waals surface area contributed by atoms with E-state index in [9.17, 15) is 0 Å². The number of furan rings is 1.